The van der Waals surface area contributed by atoms with Crippen LogP contribution in [0.15, 0.2) is 0 Å². The van der Waals surface area contributed by atoms with Gasteiger partial charge in [0.1, 0.15) is 0 Å². The van der Waals surface area contributed by atoms with E-state index in [1.54, 1.807) is 0 Å². The second-order valence-corrected chi connectivity index (χ2v) is 6.37. The molecule has 1 rings (SSSR count). The van der Waals surface area contributed by atoms with Crippen LogP contribution >= 0.6 is 0 Å². The quantitative estimate of drug-likeness (QED) is 0.818. The molecule has 0 aromatic carbocycles. The lowest BCUT2D eigenvalue weighted by molar-refractivity contribution is 0.107. The summed E-state index contributed by atoms with van der Waals surface area (Å²) in [4.78, 5) is 2.50. The first-order chi connectivity index (χ1) is 8.44. The first-order valence-corrected chi connectivity index (χ1v) is 7.28. The van der Waals surface area contributed by atoms with Crippen molar-refractivity contribution >= 4 is 0 Å². The fourth-order valence-corrected chi connectivity index (χ4v) is 2.67. The summed E-state index contributed by atoms with van der Waals surface area (Å²) in [6.07, 6.45) is 6.58. The maximum absolute atomic E-state index is 9.61. The van der Waals surface area contributed by atoms with E-state index in [4.69, 9.17) is 5.26 Å². The zero-order valence-electron chi connectivity index (χ0n) is 12.2. The van der Waals surface area contributed by atoms with Crippen molar-refractivity contribution in [3.8, 4) is 6.07 Å². The summed E-state index contributed by atoms with van der Waals surface area (Å²) >= 11 is 0. The highest BCUT2D eigenvalue weighted by Crippen LogP contribution is 2.24. The first kappa shape index (κ1) is 15.5. The van der Waals surface area contributed by atoms with Gasteiger partial charge < -0.3 is 10.0 Å². The van der Waals surface area contributed by atoms with Crippen LogP contribution in [0.3, 0.4) is 0 Å². The Bertz CT molecular complexity index is 281. The molecule has 0 aliphatic carbocycles. The maximum atomic E-state index is 9.61. The van der Waals surface area contributed by atoms with Gasteiger partial charge in [0.2, 0.25) is 0 Å². The molecule has 0 saturated carbocycles. The average molecular weight is 252 g/mol. The molecule has 0 radical (unpaired) electrons. The Labute approximate surface area is 112 Å². The number of aliphatic hydroxyl groups excluding tert-OH is 1. The molecule has 0 amide bonds. The van der Waals surface area contributed by atoms with Gasteiger partial charge in [-0.2, -0.15) is 5.26 Å². The van der Waals surface area contributed by atoms with Crippen molar-refractivity contribution in [2.45, 2.75) is 71.4 Å². The van der Waals surface area contributed by atoms with E-state index in [9.17, 15) is 5.11 Å². The average Bonchev–Trinajstić information content (AvgIpc) is 2.51. The molecule has 0 bridgehead atoms. The van der Waals surface area contributed by atoms with Gasteiger partial charge in [0.15, 0.2) is 0 Å². The lowest BCUT2D eigenvalue weighted by Gasteiger charge is -2.32. The lowest BCUT2D eigenvalue weighted by Crippen LogP contribution is -2.38. The van der Waals surface area contributed by atoms with Gasteiger partial charge in [0.05, 0.1) is 17.6 Å². The Balaban J connectivity index is 2.54. The van der Waals surface area contributed by atoms with Gasteiger partial charge in [-0.25, -0.2) is 0 Å². The predicted octanol–water partition coefficient (Wildman–Crippen LogP) is 2.94. The maximum Gasteiger partial charge on any atom is 0.0684 e. The van der Waals surface area contributed by atoms with Crippen molar-refractivity contribution in [3.63, 3.8) is 0 Å². The third-order valence-electron chi connectivity index (χ3n) is 3.94. The van der Waals surface area contributed by atoms with Crippen molar-refractivity contribution in [2.24, 2.45) is 5.41 Å². The molecule has 2 atom stereocenters. The summed E-state index contributed by atoms with van der Waals surface area (Å²) in [5.41, 5.74) is -0.234. The van der Waals surface area contributed by atoms with Crippen LogP contribution in [0.5, 0.6) is 0 Å². The second-order valence-electron chi connectivity index (χ2n) is 6.37. The summed E-state index contributed by atoms with van der Waals surface area (Å²) in [6.45, 7) is 8.00. The number of rotatable bonds is 5. The molecule has 0 aromatic rings. The van der Waals surface area contributed by atoms with Crippen LogP contribution in [-0.4, -0.2) is 35.2 Å². The Morgan fingerprint density at radius 1 is 1.39 bits per heavy atom. The molecule has 1 saturated heterocycles. The molecule has 2 unspecified atom stereocenters. The molecule has 1 heterocycles. The van der Waals surface area contributed by atoms with E-state index in [0.717, 1.165) is 25.9 Å². The highest BCUT2D eigenvalue weighted by Gasteiger charge is 2.25. The van der Waals surface area contributed by atoms with Crippen LogP contribution in [0, 0.1) is 16.7 Å². The number of hydrogen-bond donors (Lipinski definition) is 1. The van der Waals surface area contributed by atoms with E-state index in [1.165, 1.54) is 25.7 Å². The summed E-state index contributed by atoms with van der Waals surface area (Å²) in [6, 6.07) is 2.88. The Hall–Kier alpha value is -0.590. The van der Waals surface area contributed by atoms with Crippen molar-refractivity contribution < 1.29 is 5.11 Å². The van der Waals surface area contributed by atoms with Crippen LogP contribution in [0.4, 0.5) is 0 Å². The molecular weight excluding hydrogens is 224 g/mol. The fourth-order valence-electron chi connectivity index (χ4n) is 2.67. The highest BCUT2D eigenvalue weighted by molar-refractivity contribution is 4.92. The van der Waals surface area contributed by atoms with Gasteiger partial charge in [0, 0.05) is 6.04 Å². The van der Waals surface area contributed by atoms with E-state index in [1.807, 2.05) is 20.8 Å². The summed E-state index contributed by atoms with van der Waals surface area (Å²) < 4.78 is 0. The van der Waals surface area contributed by atoms with Crippen molar-refractivity contribution in [3.05, 3.63) is 0 Å². The largest absolute Gasteiger partial charge is 0.393 e. The Morgan fingerprint density at radius 2 is 2.11 bits per heavy atom. The Kier molecular flexibility index (Phi) is 6.11. The SMILES string of the molecule is CC(O)CC1CCCCCN1CCC(C)(C)C#N. The number of hydrogen-bond acceptors (Lipinski definition) is 3. The van der Waals surface area contributed by atoms with Gasteiger partial charge in [-0.3, -0.25) is 0 Å². The molecule has 18 heavy (non-hydrogen) atoms. The van der Waals surface area contributed by atoms with Crippen LogP contribution in [0.2, 0.25) is 0 Å². The number of nitriles is 1. The molecule has 3 heteroatoms. The zero-order chi connectivity index (χ0) is 13.6. The Morgan fingerprint density at radius 3 is 2.72 bits per heavy atom. The fraction of sp³-hybridized carbons (Fsp3) is 0.933. The van der Waals surface area contributed by atoms with Crippen LogP contribution in [0.1, 0.15) is 59.3 Å². The minimum absolute atomic E-state index is 0.223. The summed E-state index contributed by atoms with van der Waals surface area (Å²) in [5.74, 6) is 0. The van der Waals surface area contributed by atoms with Crippen LogP contribution in [0.25, 0.3) is 0 Å². The molecule has 1 N–H and O–H groups in total. The number of nitrogens with zero attached hydrogens (tertiary/aromatic N) is 2. The molecule has 1 fully saturated rings. The molecule has 0 spiro atoms. The summed E-state index contributed by atoms with van der Waals surface area (Å²) in [7, 11) is 0. The lowest BCUT2D eigenvalue weighted by atomic mass is 9.90. The van der Waals surface area contributed by atoms with E-state index in [0.29, 0.717) is 6.04 Å². The monoisotopic (exact) mass is 252 g/mol. The van der Waals surface area contributed by atoms with Crippen molar-refractivity contribution in [1.82, 2.24) is 4.90 Å². The molecule has 1 aliphatic heterocycles. The van der Waals surface area contributed by atoms with E-state index in [-0.39, 0.29) is 11.5 Å². The van der Waals surface area contributed by atoms with Gasteiger partial charge in [-0.1, -0.05) is 12.8 Å². The number of likely N-dealkylation sites (tertiary alicyclic amines) is 1. The van der Waals surface area contributed by atoms with E-state index >= 15 is 0 Å². The van der Waals surface area contributed by atoms with Crippen molar-refractivity contribution in [2.75, 3.05) is 13.1 Å². The van der Waals surface area contributed by atoms with Gasteiger partial charge >= 0.3 is 0 Å². The third kappa shape index (κ3) is 5.37. The van der Waals surface area contributed by atoms with Crippen molar-refractivity contribution in [1.29, 1.82) is 5.26 Å². The molecule has 1 aliphatic rings. The van der Waals surface area contributed by atoms with Gasteiger partial charge in [-0.05, 0) is 59.5 Å². The smallest absolute Gasteiger partial charge is 0.0684 e. The molecule has 3 nitrogen and oxygen atoms in total. The minimum atomic E-state index is -0.234. The molecule has 0 aromatic heterocycles. The first-order valence-electron chi connectivity index (χ1n) is 7.28. The van der Waals surface area contributed by atoms with E-state index < -0.39 is 0 Å². The summed E-state index contributed by atoms with van der Waals surface area (Å²) in [5, 5.41) is 18.7. The highest BCUT2D eigenvalue weighted by atomic mass is 16.3. The van der Waals surface area contributed by atoms with Gasteiger partial charge in [0.25, 0.3) is 0 Å². The third-order valence-corrected chi connectivity index (χ3v) is 3.94. The minimum Gasteiger partial charge on any atom is -0.393 e. The second kappa shape index (κ2) is 7.11. The number of aliphatic hydroxyl groups is 1. The topological polar surface area (TPSA) is 47.3 Å². The van der Waals surface area contributed by atoms with E-state index in [2.05, 4.69) is 11.0 Å². The predicted molar refractivity (Wildman–Crippen MR) is 74.1 cm³/mol. The zero-order valence-corrected chi connectivity index (χ0v) is 12.2. The van der Waals surface area contributed by atoms with Crippen LogP contribution < -0.4 is 0 Å². The molecular formula is C15H28N2O. The standard InChI is InChI=1S/C15H28N2O/c1-13(18)11-14-7-5-4-6-9-17(14)10-8-15(2,3)12-16/h13-14,18H,4-11H2,1-3H3. The van der Waals surface area contributed by atoms with Crippen LogP contribution in [-0.2, 0) is 0 Å². The van der Waals surface area contributed by atoms with Gasteiger partial charge in [-0.15, -0.1) is 0 Å². The normalized spacial score (nSPS) is 24.3. The molecule has 104 valence electrons.